The molecule has 0 aliphatic rings. The Labute approximate surface area is 113 Å². The van der Waals surface area contributed by atoms with E-state index in [2.05, 4.69) is 4.98 Å². The number of rotatable bonds is 1. The van der Waals surface area contributed by atoms with Crippen LogP contribution in [0.2, 0.25) is 0 Å². The van der Waals surface area contributed by atoms with Crippen molar-refractivity contribution in [2.45, 2.75) is 6.92 Å². The van der Waals surface area contributed by atoms with Crippen LogP contribution in [0.1, 0.15) is 11.7 Å². The first-order valence-corrected chi connectivity index (χ1v) is 6.63. The van der Waals surface area contributed by atoms with Gasteiger partial charge in [-0.25, -0.2) is 9.55 Å². The van der Waals surface area contributed by atoms with E-state index >= 15 is 0 Å². The molecule has 0 N–H and O–H groups in total. The average molecular weight is 270 g/mol. The number of carbonyl (C=O) groups excluding carboxylic acids is 1. The molecule has 0 spiro atoms. The predicted molar refractivity (Wildman–Crippen MR) is 75.6 cm³/mol. The fourth-order valence-corrected chi connectivity index (χ4v) is 2.72. The van der Waals surface area contributed by atoms with Crippen molar-refractivity contribution in [2.75, 3.05) is 0 Å². The Bertz CT molecular complexity index is 819. The first-order chi connectivity index (χ1) is 9.18. The van der Waals surface area contributed by atoms with Gasteiger partial charge in [-0.1, -0.05) is 18.2 Å². The molecule has 2 heterocycles. The molecular weight excluding hydrogens is 260 g/mol. The third-order valence-corrected chi connectivity index (χ3v) is 3.71. The molecular formula is C14H10N2O2S. The third kappa shape index (κ3) is 1.88. The molecule has 2 aromatic heterocycles. The second-order valence-electron chi connectivity index (χ2n) is 4.09. The number of benzene rings is 1. The molecule has 0 fully saturated rings. The molecule has 0 aliphatic carbocycles. The minimum atomic E-state index is -0.367. The highest BCUT2D eigenvalue weighted by molar-refractivity contribution is 7.13. The molecule has 1 aromatic carbocycles. The maximum absolute atomic E-state index is 12.4. The lowest BCUT2D eigenvalue weighted by atomic mass is 10.2. The van der Waals surface area contributed by atoms with Gasteiger partial charge in [0.05, 0.1) is 15.9 Å². The van der Waals surface area contributed by atoms with Crippen LogP contribution in [0.5, 0.6) is 0 Å². The van der Waals surface area contributed by atoms with Gasteiger partial charge < -0.3 is 0 Å². The van der Waals surface area contributed by atoms with Gasteiger partial charge in [-0.15, -0.1) is 11.3 Å². The molecule has 0 saturated carbocycles. The molecule has 0 aliphatic heterocycles. The summed E-state index contributed by atoms with van der Waals surface area (Å²) in [7, 11) is 0. The van der Waals surface area contributed by atoms with Gasteiger partial charge in [-0.2, -0.15) is 0 Å². The summed E-state index contributed by atoms with van der Waals surface area (Å²) in [5.41, 5.74) is 1.14. The molecule has 3 aromatic rings. The van der Waals surface area contributed by atoms with Crippen molar-refractivity contribution in [3.05, 3.63) is 52.1 Å². The Balaban J connectivity index is 2.46. The zero-order valence-corrected chi connectivity index (χ0v) is 11.0. The molecule has 0 unspecified atom stereocenters. The van der Waals surface area contributed by atoms with Crippen LogP contribution < -0.4 is 5.56 Å². The van der Waals surface area contributed by atoms with E-state index in [0.29, 0.717) is 16.7 Å². The minimum absolute atomic E-state index is 0.304. The number of nitrogens with zero attached hydrogens (tertiary/aromatic N) is 2. The Morgan fingerprint density at radius 1 is 1.21 bits per heavy atom. The first-order valence-electron chi connectivity index (χ1n) is 5.75. The second kappa shape index (κ2) is 4.44. The normalized spacial score (nSPS) is 10.8. The zero-order chi connectivity index (χ0) is 13.4. The quantitative estimate of drug-likeness (QED) is 0.683. The highest BCUT2D eigenvalue weighted by Crippen LogP contribution is 2.21. The second-order valence-corrected chi connectivity index (χ2v) is 5.03. The van der Waals surface area contributed by atoms with Crippen molar-refractivity contribution in [1.29, 1.82) is 0 Å². The van der Waals surface area contributed by atoms with Crippen LogP contribution in [-0.4, -0.2) is 15.5 Å². The van der Waals surface area contributed by atoms with Crippen LogP contribution in [0.4, 0.5) is 0 Å². The van der Waals surface area contributed by atoms with E-state index in [1.807, 2.05) is 23.6 Å². The molecule has 3 rings (SSSR count). The monoisotopic (exact) mass is 270 g/mol. The van der Waals surface area contributed by atoms with Crippen LogP contribution in [-0.2, 0) is 0 Å². The summed E-state index contributed by atoms with van der Waals surface area (Å²) in [5.74, 6) is -0.304. The smallest absolute Gasteiger partial charge is 0.274 e. The van der Waals surface area contributed by atoms with Crippen LogP contribution in [0, 0.1) is 0 Å². The van der Waals surface area contributed by atoms with Gasteiger partial charge >= 0.3 is 0 Å². The molecule has 0 radical (unpaired) electrons. The minimum Gasteiger partial charge on any atom is -0.274 e. The van der Waals surface area contributed by atoms with Crippen LogP contribution in [0.15, 0.2) is 46.6 Å². The van der Waals surface area contributed by atoms with Crippen molar-refractivity contribution in [2.24, 2.45) is 0 Å². The SMILES string of the molecule is CC(=O)n1c(=O)c(-c2cccs2)nc2ccccc21. The molecule has 4 nitrogen and oxygen atoms in total. The average Bonchev–Trinajstić information content (AvgIpc) is 2.91. The third-order valence-electron chi connectivity index (χ3n) is 2.83. The Morgan fingerprint density at radius 2 is 2.00 bits per heavy atom. The lowest BCUT2D eigenvalue weighted by molar-refractivity contribution is 0.0937. The maximum Gasteiger partial charge on any atom is 0.285 e. The highest BCUT2D eigenvalue weighted by Gasteiger charge is 2.15. The number of hydrogen-bond acceptors (Lipinski definition) is 4. The Kier molecular flexibility index (Phi) is 2.76. The van der Waals surface area contributed by atoms with Crippen molar-refractivity contribution in [1.82, 2.24) is 9.55 Å². The largest absolute Gasteiger partial charge is 0.285 e. The standard InChI is InChI=1S/C14H10N2O2S/c1-9(17)16-11-6-3-2-5-10(11)15-13(14(16)18)12-7-4-8-19-12/h2-8H,1H3. The Hall–Kier alpha value is -2.27. The molecule has 5 heteroatoms. The summed E-state index contributed by atoms with van der Waals surface area (Å²) in [4.78, 5) is 29.3. The van der Waals surface area contributed by atoms with Gasteiger partial charge in [-0.3, -0.25) is 9.59 Å². The molecule has 0 saturated heterocycles. The van der Waals surface area contributed by atoms with E-state index in [9.17, 15) is 9.59 Å². The highest BCUT2D eigenvalue weighted by atomic mass is 32.1. The van der Waals surface area contributed by atoms with E-state index < -0.39 is 0 Å². The molecule has 0 atom stereocenters. The fraction of sp³-hybridized carbons (Fsp3) is 0.0714. The van der Waals surface area contributed by atoms with E-state index in [1.54, 1.807) is 18.2 Å². The van der Waals surface area contributed by atoms with Crippen molar-refractivity contribution < 1.29 is 4.79 Å². The lowest BCUT2D eigenvalue weighted by Gasteiger charge is -2.08. The van der Waals surface area contributed by atoms with Gasteiger partial charge in [0.25, 0.3) is 5.56 Å². The van der Waals surface area contributed by atoms with E-state index in [1.165, 1.54) is 22.8 Å². The molecule has 19 heavy (non-hydrogen) atoms. The zero-order valence-electron chi connectivity index (χ0n) is 10.2. The summed E-state index contributed by atoms with van der Waals surface area (Å²) in [6.07, 6.45) is 0. The topological polar surface area (TPSA) is 52.0 Å². The van der Waals surface area contributed by atoms with E-state index in [0.717, 1.165) is 4.88 Å². The van der Waals surface area contributed by atoms with E-state index in [-0.39, 0.29) is 11.5 Å². The van der Waals surface area contributed by atoms with Crippen molar-refractivity contribution in [3.8, 4) is 10.6 Å². The lowest BCUT2D eigenvalue weighted by Crippen LogP contribution is -2.27. The number of carbonyl (C=O) groups is 1. The maximum atomic E-state index is 12.4. The molecule has 0 bridgehead atoms. The summed E-state index contributed by atoms with van der Waals surface area (Å²) in [6.45, 7) is 1.38. The van der Waals surface area contributed by atoms with Gasteiger partial charge in [0.2, 0.25) is 5.91 Å². The number of aromatic nitrogens is 2. The number of hydrogen-bond donors (Lipinski definition) is 0. The summed E-state index contributed by atoms with van der Waals surface area (Å²) < 4.78 is 1.18. The van der Waals surface area contributed by atoms with Gasteiger partial charge in [0.15, 0.2) is 0 Å². The molecule has 0 amide bonds. The van der Waals surface area contributed by atoms with Crippen LogP contribution >= 0.6 is 11.3 Å². The summed E-state index contributed by atoms with van der Waals surface area (Å²) >= 11 is 1.43. The Morgan fingerprint density at radius 3 is 2.68 bits per heavy atom. The van der Waals surface area contributed by atoms with Crippen molar-refractivity contribution >= 4 is 28.3 Å². The first kappa shape index (κ1) is 11.8. The fourth-order valence-electron chi connectivity index (χ4n) is 2.02. The number of thiophene rings is 1. The summed E-state index contributed by atoms with van der Waals surface area (Å²) in [5, 5.41) is 1.88. The van der Waals surface area contributed by atoms with E-state index in [4.69, 9.17) is 0 Å². The number of fused-ring (bicyclic) bond motifs is 1. The predicted octanol–water partition coefficient (Wildman–Crippen LogP) is 2.79. The molecule has 94 valence electrons. The van der Waals surface area contributed by atoms with Crippen LogP contribution in [0.25, 0.3) is 21.6 Å². The van der Waals surface area contributed by atoms with Crippen LogP contribution in [0.3, 0.4) is 0 Å². The van der Waals surface area contributed by atoms with Gasteiger partial charge in [-0.05, 0) is 23.6 Å². The van der Waals surface area contributed by atoms with Crippen molar-refractivity contribution in [3.63, 3.8) is 0 Å². The number of para-hydroxylation sites is 2. The van der Waals surface area contributed by atoms with Gasteiger partial charge in [0, 0.05) is 6.92 Å². The summed E-state index contributed by atoms with van der Waals surface area (Å²) in [6, 6.07) is 10.8. The van der Waals surface area contributed by atoms with Gasteiger partial charge in [0.1, 0.15) is 5.69 Å².